The molecule has 0 unspecified atom stereocenters. The van der Waals surface area contributed by atoms with E-state index in [2.05, 4.69) is 34.2 Å². The van der Waals surface area contributed by atoms with Crippen molar-refractivity contribution in [3.8, 4) is 10.6 Å². The first-order valence-electron chi connectivity index (χ1n) is 5.98. The second-order valence-corrected chi connectivity index (χ2v) is 6.86. The van der Waals surface area contributed by atoms with E-state index in [-0.39, 0.29) is 0 Å². The number of halogens is 1. The number of thiophene rings is 1. The molecule has 0 saturated carbocycles. The monoisotopic (exact) mass is 304 g/mol. The van der Waals surface area contributed by atoms with Gasteiger partial charge in [0.1, 0.15) is 11.5 Å². The molecule has 0 atom stereocenters. The van der Waals surface area contributed by atoms with E-state index in [1.54, 1.807) is 17.7 Å². The predicted octanol–water partition coefficient (Wildman–Crippen LogP) is 4.66. The van der Waals surface area contributed by atoms with Crippen molar-refractivity contribution in [2.75, 3.05) is 5.75 Å². The second kappa shape index (κ2) is 4.47. The molecule has 0 radical (unpaired) electrons. The maximum atomic E-state index is 6.22. The van der Waals surface area contributed by atoms with Gasteiger partial charge in [-0.25, -0.2) is 9.97 Å². The van der Waals surface area contributed by atoms with Crippen molar-refractivity contribution >= 4 is 44.8 Å². The third kappa shape index (κ3) is 1.78. The summed E-state index contributed by atoms with van der Waals surface area (Å²) >= 11 is 9.91. The van der Waals surface area contributed by atoms with Crippen molar-refractivity contribution in [1.29, 1.82) is 0 Å². The first-order valence-corrected chi connectivity index (χ1v) is 8.16. The Bertz CT molecular complexity index is 782. The molecule has 3 aromatic rings. The Balaban J connectivity index is 2.09. The summed E-state index contributed by atoms with van der Waals surface area (Å²) < 4.78 is 1.31. The minimum absolute atomic E-state index is 0.593. The standard InChI is InChI=1S/C14H9ClN2S2/c15-14-9-5-6-18-12-8-3-1-2-4-10(8)19-13(12)11(9)16-7-17-14/h1-4,7H,5-6H2. The molecule has 1 aliphatic heterocycles. The van der Waals surface area contributed by atoms with E-state index in [0.29, 0.717) is 5.15 Å². The van der Waals surface area contributed by atoms with Gasteiger partial charge in [0, 0.05) is 26.3 Å². The third-order valence-corrected chi connectivity index (χ3v) is 6.01. The summed E-state index contributed by atoms with van der Waals surface area (Å²) in [5.74, 6) is 1.02. The minimum atomic E-state index is 0.593. The topological polar surface area (TPSA) is 25.8 Å². The Morgan fingerprint density at radius 2 is 2.05 bits per heavy atom. The maximum Gasteiger partial charge on any atom is 0.136 e. The summed E-state index contributed by atoms with van der Waals surface area (Å²) in [7, 11) is 0. The van der Waals surface area contributed by atoms with Gasteiger partial charge >= 0.3 is 0 Å². The number of hydrogen-bond donors (Lipinski definition) is 0. The van der Waals surface area contributed by atoms with Crippen LogP contribution in [0.3, 0.4) is 0 Å². The molecule has 2 aromatic heterocycles. The molecule has 4 rings (SSSR count). The number of hydrogen-bond acceptors (Lipinski definition) is 4. The van der Waals surface area contributed by atoms with E-state index in [0.717, 1.165) is 23.4 Å². The lowest BCUT2D eigenvalue weighted by atomic mass is 10.1. The van der Waals surface area contributed by atoms with E-state index in [4.69, 9.17) is 11.6 Å². The molecule has 0 spiro atoms. The Morgan fingerprint density at radius 3 is 3.00 bits per heavy atom. The highest BCUT2D eigenvalue weighted by molar-refractivity contribution is 7.99. The van der Waals surface area contributed by atoms with E-state index in [9.17, 15) is 0 Å². The zero-order chi connectivity index (χ0) is 12.8. The molecule has 3 heterocycles. The summed E-state index contributed by atoms with van der Waals surface area (Å²) in [6.07, 6.45) is 2.49. The molecule has 0 N–H and O–H groups in total. The van der Waals surface area contributed by atoms with Crippen molar-refractivity contribution in [3.63, 3.8) is 0 Å². The fraction of sp³-hybridized carbons (Fsp3) is 0.143. The molecule has 1 aliphatic rings. The normalized spacial score (nSPS) is 13.9. The molecule has 5 heteroatoms. The fourth-order valence-corrected chi connectivity index (χ4v) is 5.17. The van der Waals surface area contributed by atoms with E-state index in [1.807, 2.05) is 11.8 Å². The number of benzene rings is 1. The second-order valence-electron chi connectivity index (χ2n) is 4.35. The molecule has 0 bridgehead atoms. The molecule has 19 heavy (non-hydrogen) atoms. The zero-order valence-corrected chi connectivity index (χ0v) is 12.3. The average Bonchev–Trinajstić information content (AvgIpc) is 2.69. The van der Waals surface area contributed by atoms with Crippen molar-refractivity contribution in [3.05, 3.63) is 41.3 Å². The largest absolute Gasteiger partial charge is 0.235 e. The number of rotatable bonds is 0. The van der Waals surface area contributed by atoms with Crippen LogP contribution in [0.4, 0.5) is 0 Å². The molecule has 0 fully saturated rings. The van der Waals surface area contributed by atoms with Crippen LogP contribution in [-0.2, 0) is 6.42 Å². The van der Waals surface area contributed by atoms with Gasteiger partial charge in [-0.15, -0.1) is 23.1 Å². The van der Waals surface area contributed by atoms with Gasteiger partial charge in [-0.2, -0.15) is 0 Å². The van der Waals surface area contributed by atoms with Crippen LogP contribution >= 0.6 is 34.7 Å². The third-order valence-electron chi connectivity index (χ3n) is 3.26. The quantitative estimate of drug-likeness (QED) is 0.565. The number of fused-ring (bicyclic) bond motifs is 5. The number of thioether (sulfide) groups is 1. The smallest absolute Gasteiger partial charge is 0.136 e. The molecule has 0 amide bonds. The lowest BCUT2D eigenvalue weighted by molar-refractivity contribution is 1.07. The lowest BCUT2D eigenvalue weighted by Crippen LogP contribution is -1.95. The van der Waals surface area contributed by atoms with Gasteiger partial charge in [0.15, 0.2) is 0 Å². The maximum absolute atomic E-state index is 6.22. The summed E-state index contributed by atoms with van der Waals surface area (Å²) in [6, 6.07) is 8.52. The minimum Gasteiger partial charge on any atom is -0.235 e. The van der Waals surface area contributed by atoms with Crippen LogP contribution < -0.4 is 0 Å². The molecule has 94 valence electrons. The summed E-state index contributed by atoms with van der Waals surface area (Å²) in [5.41, 5.74) is 2.10. The highest BCUT2D eigenvalue weighted by atomic mass is 35.5. The van der Waals surface area contributed by atoms with Crippen LogP contribution in [0.1, 0.15) is 5.56 Å². The van der Waals surface area contributed by atoms with Crippen molar-refractivity contribution in [1.82, 2.24) is 9.97 Å². The average molecular weight is 305 g/mol. The SMILES string of the molecule is Clc1ncnc2c1CCSc1c-2sc2ccccc12. The van der Waals surface area contributed by atoms with Crippen LogP contribution in [0, 0.1) is 0 Å². The van der Waals surface area contributed by atoms with Gasteiger partial charge in [-0.3, -0.25) is 0 Å². The van der Waals surface area contributed by atoms with Crippen LogP contribution in [0.5, 0.6) is 0 Å². The van der Waals surface area contributed by atoms with Gasteiger partial charge < -0.3 is 0 Å². The van der Waals surface area contributed by atoms with Gasteiger partial charge in [0.05, 0.1) is 10.6 Å². The molecule has 0 saturated heterocycles. The van der Waals surface area contributed by atoms with Crippen LogP contribution in [0.15, 0.2) is 35.5 Å². The summed E-state index contributed by atoms with van der Waals surface area (Å²) in [5, 5.41) is 1.92. The highest BCUT2D eigenvalue weighted by Crippen LogP contribution is 2.47. The Kier molecular flexibility index (Phi) is 2.76. The molecule has 0 aliphatic carbocycles. The van der Waals surface area contributed by atoms with Gasteiger partial charge in [0.25, 0.3) is 0 Å². The molecular formula is C14H9ClN2S2. The first-order chi connectivity index (χ1) is 9.34. The Hall–Kier alpha value is -1.10. The van der Waals surface area contributed by atoms with Crippen LogP contribution in [0.25, 0.3) is 20.7 Å². The Labute approximate surface area is 123 Å². The van der Waals surface area contributed by atoms with E-state index >= 15 is 0 Å². The van der Waals surface area contributed by atoms with Crippen molar-refractivity contribution in [2.24, 2.45) is 0 Å². The molecular weight excluding hydrogens is 296 g/mol. The van der Waals surface area contributed by atoms with Crippen molar-refractivity contribution in [2.45, 2.75) is 11.3 Å². The molecule has 2 nitrogen and oxygen atoms in total. The van der Waals surface area contributed by atoms with Crippen molar-refractivity contribution < 1.29 is 0 Å². The zero-order valence-electron chi connectivity index (χ0n) is 9.89. The van der Waals surface area contributed by atoms with E-state index < -0.39 is 0 Å². The van der Waals surface area contributed by atoms with E-state index in [1.165, 1.54) is 19.9 Å². The number of aromatic nitrogens is 2. The fourth-order valence-electron chi connectivity index (χ4n) is 2.38. The lowest BCUT2D eigenvalue weighted by Gasteiger charge is -2.04. The van der Waals surface area contributed by atoms with Gasteiger partial charge in [0.2, 0.25) is 0 Å². The van der Waals surface area contributed by atoms with Gasteiger partial charge in [-0.1, -0.05) is 29.8 Å². The van der Waals surface area contributed by atoms with Gasteiger partial charge in [-0.05, 0) is 12.5 Å². The summed E-state index contributed by atoms with van der Waals surface area (Å²) in [6.45, 7) is 0. The highest BCUT2D eigenvalue weighted by Gasteiger charge is 2.22. The van der Waals surface area contributed by atoms with Crippen LogP contribution in [-0.4, -0.2) is 15.7 Å². The molecule has 1 aromatic carbocycles. The van der Waals surface area contributed by atoms with Crippen LogP contribution in [0.2, 0.25) is 5.15 Å². The predicted molar refractivity (Wildman–Crippen MR) is 82.3 cm³/mol. The first kappa shape index (κ1) is 11.7. The Morgan fingerprint density at radius 1 is 1.16 bits per heavy atom. The summed E-state index contributed by atoms with van der Waals surface area (Å²) in [4.78, 5) is 11.2. The number of nitrogens with zero attached hydrogens (tertiary/aromatic N) is 2.